The molecule has 0 radical (unpaired) electrons. The summed E-state index contributed by atoms with van der Waals surface area (Å²) in [5.41, 5.74) is 1.68. The van der Waals surface area contributed by atoms with E-state index in [0.717, 1.165) is 12.0 Å². The van der Waals surface area contributed by atoms with Crippen molar-refractivity contribution in [2.45, 2.75) is 25.4 Å². The highest BCUT2D eigenvalue weighted by atomic mass is 16.6. The standard InChI is InChI=1S/C25H24O7/c1-17-16-22(32-24(17)27)4-3-15-30-20-12-8-19(9-13-20)25(28)31-21-10-5-18(6-11-21)7-14-23(26)29-2/h5-14,22H,1,3-4,15-16H2,2H3. The maximum Gasteiger partial charge on any atom is 0.343 e. The summed E-state index contributed by atoms with van der Waals surface area (Å²) in [5, 5.41) is 0. The molecule has 1 unspecified atom stereocenters. The van der Waals surface area contributed by atoms with E-state index in [1.165, 1.54) is 13.2 Å². The zero-order valence-electron chi connectivity index (χ0n) is 17.7. The molecule has 3 rings (SSSR count). The summed E-state index contributed by atoms with van der Waals surface area (Å²) in [6.07, 6.45) is 4.82. The van der Waals surface area contributed by atoms with Gasteiger partial charge in [0.15, 0.2) is 0 Å². The van der Waals surface area contributed by atoms with Gasteiger partial charge in [-0.15, -0.1) is 0 Å². The van der Waals surface area contributed by atoms with Gasteiger partial charge < -0.3 is 18.9 Å². The Labute approximate surface area is 186 Å². The van der Waals surface area contributed by atoms with Crippen molar-refractivity contribution in [1.82, 2.24) is 0 Å². The number of ether oxygens (including phenoxy) is 4. The smallest absolute Gasteiger partial charge is 0.343 e. The van der Waals surface area contributed by atoms with Crippen molar-refractivity contribution in [3.8, 4) is 11.5 Å². The number of cyclic esters (lactones) is 1. The van der Waals surface area contributed by atoms with Crippen LogP contribution in [0.15, 0.2) is 66.8 Å². The molecule has 0 aliphatic carbocycles. The number of carbonyl (C=O) groups excluding carboxylic acids is 3. The van der Waals surface area contributed by atoms with Crippen LogP contribution in [-0.2, 0) is 19.1 Å². The third kappa shape index (κ3) is 6.57. The van der Waals surface area contributed by atoms with Crippen LogP contribution in [0.1, 0.15) is 35.2 Å². The van der Waals surface area contributed by atoms with Crippen LogP contribution in [-0.4, -0.2) is 37.7 Å². The first-order valence-corrected chi connectivity index (χ1v) is 10.1. The number of rotatable bonds is 9. The molecule has 0 aromatic heterocycles. The molecule has 7 heteroatoms. The highest BCUT2D eigenvalue weighted by Gasteiger charge is 2.26. The SMILES string of the molecule is C=C1CC(CCCOc2ccc(C(=O)Oc3ccc(C=CC(=O)OC)cc3)cc2)OC1=O. The zero-order valence-corrected chi connectivity index (χ0v) is 17.7. The summed E-state index contributed by atoms with van der Waals surface area (Å²) in [6.45, 7) is 4.14. The van der Waals surface area contributed by atoms with Crippen LogP contribution in [0.25, 0.3) is 6.08 Å². The van der Waals surface area contributed by atoms with Crippen LogP contribution in [0.3, 0.4) is 0 Å². The number of benzene rings is 2. The van der Waals surface area contributed by atoms with E-state index in [-0.39, 0.29) is 12.1 Å². The Kier molecular flexibility index (Phi) is 7.80. The quantitative estimate of drug-likeness (QED) is 0.253. The van der Waals surface area contributed by atoms with Gasteiger partial charge in [0.25, 0.3) is 0 Å². The van der Waals surface area contributed by atoms with Gasteiger partial charge in [-0.1, -0.05) is 18.7 Å². The molecule has 1 aliphatic rings. The Morgan fingerprint density at radius 3 is 2.41 bits per heavy atom. The molecule has 2 aromatic rings. The van der Waals surface area contributed by atoms with Gasteiger partial charge in [-0.05, 0) is 60.9 Å². The molecule has 32 heavy (non-hydrogen) atoms. The van der Waals surface area contributed by atoms with Gasteiger partial charge >= 0.3 is 17.9 Å². The van der Waals surface area contributed by atoms with E-state index in [1.54, 1.807) is 54.6 Å². The number of hydrogen-bond donors (Lipinski definition) is 0. The summed E-state index contributed by atoms with van der Waals surface area (Å²) in [7, 11) is 1.31. The van der Waals surface area contributed by atoms with Crippen LogP contribution in [0.5, 0.6) is 11.5 Å². The number of methoxy groups -OCH3 is 1. The average molecular weight is 436 g/mol. The zero-order chi connectivity index (χ0) is 22.9. The molecule has 2 aromatic carbocycles. The lowest BCUT2D eigenvalue weighted by Gasteiger charge is -2.10. The topological polar surface area (TPSA) is 88.1 Å². The summed E-state index contributed by atoms with van der Waals surface area (Å²) in [6, 6.07) is 13.4. The van der Waals surface area contributed by atoms with Crippen LogP contribution >= 0.6 is 0 Å². The van der Waals surface area contributed by atoms with E-state index in [0.29, 0.717) is 42.1 Å². The molecule has 7 nitrogen and oxygen atoms in total. The Bertz CT molecular complexity index is 988. The molecule has 1 heterocycles. The predicted molar refractivity (Wildman–Crippen MR) is 117 cm³/mol. The van der Waals surface area contributed by atoms with Crippen molar-refractivity contribution in [1.29, 1.82) is 0 Å². The fraction of sp³-hybridized carbons (Fsp3) is 0.240. The molecule has 1 saturated heterocycles. The molecule has 166 valence electrons. The molecule has 1 atom stereocenters. The Balaban J connectivity index is 1.43. The molecule has 0 amide bonds. The van der Waals surface area contributed by atoms with E-state index >= 15 is 0 Å². The first-order chi connectivity index (χ1) is 15.4. The molecular weight excluding hydrogens is 412 g/mol. The van der Waals surface area contributed by atoms with Gasteiger partial charge in [0.05, 0.1) is 19.3 Å². The van der Waals surface area contributed by atoms with E-state index in [9.17, 15) is 14.4 Å². The lowest BCUT2D eigenvalue weighted by Crippen LogP contribution is -2.09. The van der Waals surface area contributed by atoms with Crippen molar-refractivity contribution < 1.29 is 33.3 Å². The normalized spacial score (nSPS) is 15.5. The van der Waals surface area contributed by atoms with Gasteiger partial charge in [0.2, 0.25) is 0 Å². The largest absolute Gasteiger partial charge is 0.494 e. The second kappa shape index (κ2) is 10.9. The molecule has 1 aliphatic heterocycles. The average Bonchev–Trinajstić information content (AvgIpc) is 3.13. The summed E-state index contributed by atoms with van der Waals surface area (Å²) in [5.74, 6) is -0.224. The van der Waals surface area contributed by atoms with E-state index in [4.69, 9.17) is 14.2 Å². The fourth-order valence-corrected chi connectivity index (χ4v) is 3.03. The first kappa shape index (κ1) is 22.8. The van der Waals surface area contributed by atoms with Crippen LogP contribution in [0.4, 0.5) is 0 Å². The van der Waals surface area contributed by atoms with Crippen molar-refractivity contribution in [2.75, 3.05) is 13.7 Å². The Morgan fingerprint density at radius 1 is 1.09 bits per heavy atom. The third-order valence-corrected chi connectivity index (χ3v) is 4.77. The first-order valence-electron chi connectivity index (χ1n) is 10.1. The van der Waals surface area contributed by atoms with Crippen molar-refractivity contribution in [2.24, 2.45) is 0 Å². The number of esters is 3. The van der Waals surface area contributed by atoms with Gasteiger partial charge in [0, 0.05) is 18.1 Å². The van der Waals surface area contributed by atoms with Crippen molar-refractivity contribution in [3.05, 3.63) is 77.9 Å². The fourth-order valence-electron chi connectivity index (χ4n) is 3.03. The van der Waals surface area contributed by atoms with Gasteiger partial charge in [0.1, 0.15) is 17.6 Å². The van der Waals surface area contributed by atoms with Gasteiger partial charge in [-0.3, -0.25) is 0 Å². The Hall–Kier alpha value is -3.87. The number of carbonyl (C=O) groups is 3. The van der Waals surface area contributed by atoms with Crippen molar-refractivity contribution >= 4 is 24.0 Å². The minimum absolute atomic E-state index is 0.117. The summed E-state index contributed by atoms with van der Waals surface area (Å²) in [4.78, 5) is 34.8. The van der Waals surface area contributed by atoms with E-state index in [2.05, 4.69) is 11.3 Å². The maximum absolute atomic E-state index is 12.3. The second-order valence-corrected chi connectivity index (χ2v) is 7.17. The lowest BCUT2D eigenvalue weighted by atomic mass is 10.1. The van der Waals surface area contributed by atoms with Crippen LogP contribution < -0.4 is 9.47 Å². The second-order valence-electron chi connectivity index (χ2n) is 7.17. The Morgan fingerprint density at radius 2 is 1.78 bits per heavy atom. The molecule has 0 bridgehead atoms. The van der Waals surface area contributed by atoms with Crippen LogP contribution in [0.2, 0.25) is 0 Å². The molecule has 0 N–H and O–H groups in total. The highest BCUT2D eigenvalue weighted by Crippen LogP contribution is 2.22. The molecular formula is C25H24O7. The number of hydrogen-bond acceptors (Lipinski definition) is 7. The van der Waals surface area contributed by atoms with Gasteiger partial charge in [-0.2, -0.15) is 0 Å². The predicted octanol–water partition coefficient (Wildman–Crippen LogP) is 4.12. The molecule has 0 saturated carbocycles. The third-order valence-electron chi connectivity index (χ3n) is 4.77. The maximum atomic E-state index is 12.3. The van der Waals surface area contributed by atoms with Gasteiger partial charge in [-0.25, -0.2) is 14.4 Å². The summed E-state index contributed by atoms with van der Waals surface area (Å²) >= 11 is 0. The lowest BCUT2D eigenvalue weighted by molar-refractivity contribution is -0.139. The minimum atomic E-state index is -0.488. The molecule has 0 spiro atoms. The minimum Gasteiger partial charge on any atom is -0.494 e. The van der Waals surface area contributed by atoms with E-state index < -0.39 is 11.9 Å². The van der Waals surface area contributed by atoms with E-state index in [1.807, 2.05) is 0 Å². The molecule has 1 fully saturated rings. The highest BCUT2D eigenvalue weighted by molar-refractivity contribution is 5.91. The van der Waals surface area contributed by atoms with Crippen molar-refractivity contribution in [3.63, 3.8) is 0 Å². The van der Waals surface area contributed by atoms with Crippen LogP contribution in [0, 0.1) is 0 Å². The summed E-state index contributed by atoms with van der Waals surface area (Å²) < 4.78 is 20.8. The monoisotopic (exact) mass is 436 g/mol.